The van der Waals surface area contributed by atoms with E-state index < -0.39 is 0 Å². The molecule has 5 nitrogen and oxygen atoms in total. The van der Waals surface area contributed by atoms with E-state index in [1.165, 1.54) is 36.8 Å². The zero-order valence-electron chi connectivity index (χ0n) is 16.3. The first-order valence-corrected chi connectivity index (χ1v) is 11.4. The van der Waals surface area contributed by atoms with E-state index in [1.807, 2.05) is 11.8 Å². The number of ether oxygens (including phenoxy) is 1. The summed E-state index contributed by atoms with van der Waals surface area (Å²) in [7, 11) is 0. The highest BCUT2D eigenvalue weighted by molar-refractivity contribution is 8.03. The van der Waals surface area contributed by atoms with Gasteiger partial charge in [0.1, 0.15) is 12.1 Å². The summed E-state index contributed by atoms with van der Waals surface area (Å²) in [4.78, 5) is 14.2. The number of aromatic nitrogens is 2. The van der Waals surface area contributed by atoms with E-state index in [2.05, 4.69) is 44.5 Å². The summed E-state index contributed by atoms with van der Waals surface area (Å²) in [6.45, 7) is 5.73. The standard InChI is InChI=1S/C22H28N4OS/c1-3-17(13-19-4-2-12-28-19)15-26(7-1)22-20-6-5-18(14-21(20)23-16-24-22)25-8-10-27-11-9-25/h2,5-6,12,14,16-17,19H,1,3-4,7-11,13,15H2. The quantitative estimate of drug-likeness (QED) is 0.775. The number of benzene rings is 1. The molecule has 0 radical (unpaired) electrons. The first-order valence-electron chi connectivity index (χ1n) is 10.5. The molecule has 148 valence electrons. The third kappa shape index (κ3) is 3.85. The van der Waals surface area contributed by atoms with Crippen LogP contribution in [0.25, 0.3) is 10.9 Å². The summed E-state index contributed by atoms with van der Waals surface area (Å²) in [5.41, 5.74) is 2.29. The van der Waals surface area contributed by atoms with E-state index in [0.29, 0.717) is 0 Å². The summed E-state index contributed by atoms with van der Waals surface area (Å²) in [5, 5.41) is 4.23. The molecule has 2 unspecified atom stereocenters. The number of rotatable bonds is 4. The molecule has 28 heavy (non-hydrogen) atoms. The third-order valence-corrected chi connectivity index (χ3v) is 7.28. The van der Waals surface area contributed by atoms with Crippen LogP contribution in [0.15, 0.2) is 36.0 Å². The van der Waals surface area contributed by atoms with Gasteiger partial charge in [0, 0.05) is 42.5 Å². The average Bonchev–Trinajstić information content (AvgIpc) is 3.27. The molecule has 0 amide bonds. The Balaban J connectivity index is 1.35. The van der Waals surface area contributed by atoms with Crippen molar-refractivity contribution in [1.29, 1.82) is 0 Å². The van der Waals surface area contributed by atoms with Crippen molar-refractivity contribution in [3.8, 4) is 0 Å². The van der Waals surface area contributed by atoms with Crippen molar-refractivity contribution in [2.45, 2.75) is 30.9 Å². The number of hydrogen-bond donors (Lipinski definition) is 0. The van der Waals surface area contributed by atoms with Crippen LogP contribution in [0.5, 0.6) is 0 Å². The summed E-state index contributed by atoms with van der Waals surface area (Å²) < 4.78 is 5.49. The van der Waals surface area contributed by atoms with Gasteiger partial charge in [0.15, 0.2) is 0 Å². The monoisotopic (exact) mass is 396 g/mol. The van der Waals surface area contributed by atoms with Gasteiger partial charge in [-0.1, -0.05) is 6.08 Å². The minimum atomic E-state index is 0.767. The molecule has 2 aromatic rings. The Morgan fingerprint density at radius 3 is 2.89 bits per heavy atom. The number of anilines is 2. The maximum Gasteiger partial charge on any atom is 0.139 e. The minimum Gasteiger partial charge on any atom is -0.378 e. The molecule has 3 aliphatic rings. The predicted octanol–water partition coefficient (Wildman–Crippen LogP) is 4.09. The van der Waals surface area contributed by atoms with Gasteiger partial charge in [-0.25, -0.2) is 9.97 Å². The molecule has 2 saturated heterocycles. The van der Waals surface area contributed by atoms with Crippen molar-refractivity contribution in [2.75, 3.05) is 49.2 Å². The lowest BCUT2D eigenvalue weighted by atomic mass is 9.92. The SMILES string of the molecule is C1=CSC(CC2CCCN(c3ncnc4cc(N5CCOCC5)ccc34)C2)C1. The summed E-state index contributed by atoms with van der Waals surface area (Å²) >= 11 is 2.01. The molecule has 6 heteroatoms. The van der Waals surface area contributed by atoms with E-state index in [1.54, 1.807) is 6.33 Å². The second-order valence-electron chi connectivity index (χ2n) is 8.05. The highest BCUT2D eigenvalue weighted by Crippen LogP contribution is 2.35. The van der Waals surface area contributed by atoms with Gasteiger partial charge in [-0.2, -0.15) is 0 Å². The van der Waals surface area contributed by atoms with E-state index in [-0.39, 0.29) is 0 Å². The lowest BCUT2D eigenvalue weighted by Gasteiger charge is -2.35. The highest BCUT2D eigenvalue weighted by Gasteiger charge is 2.25. The second-order valence-corrected chi connectivity index (χ2v) is 9.26. The average molecular weight is 397 g/mol. The molecular weight excluding hydrogens is 368 g/mol. The van der Waals surface area contributed by atoms with Gasteiger partial charge in [0.25, 0.3) is 0 Å². The van der Waals surface area contributed by atoms with Crippen molar-refractivity contribution in [3.63, 3.8) is 0 Å². The number of thioether (sulfide) groups is 1. The third-order valence-electron chi connectivity index (χ3n) is 6.16. The topological polar surface area (TPSA) is 41.5 Å². The van der Waals surface area contributed by atoms with Crippen LogP contribution in [0.3, 0.4) is 0 Å². The zero-order chi connectivity index (χ0) is 18.8. The molecule has 0 N–H and O–H groups in total. The summed E-state index contributed by atoms with van der Waals surface area (Å²) in [6, 6.07) is 6.66. The van der Waals surface area contributed by atoms with Crippen molar-refractivity contribution < 1.29 is 4.74 Å². The summed E-state index contributed by atoms with van der Waals surface area (Å²) in [5.74, 6) is 1.88. The lowest BCUT2D eigenvalue weighted by molar-refractivity contribution is 0.122. The van der Waals surface area contributed by atoms with Gasteiger partial charge in [0.05, 0.1) is 18.7 Å². The fourth-order valence-corrected chi connectivity index (χ4v) is 5.75. The number of nitrogens with zero attached hydrogens (tertiary/aromatic N) is 4. The van der Waals surface area contributed by atoms with Crippen LogP contribution in [0.1, 0.15) is 25.7 Å². The van der Waals surface area contributed by atoms with Gasteiger partial charge in [-0.3, -0.25) is 0 Å². The summed E-state index contributed by atoms with van der Waals surface area (Å²) in [6.07, 6.45) is 9.21. The van der Waals surface area contributed by atoms with Crippen molar-refractivity contribution in [2.24, 2.45) is 5.92 Å². The number of piperidine rings is 1. The molecule has 5 rings (SSSR count). The molecule has 3 aliphatic heterocycles. The molecule has 2 atom stereocenters. The number of fused-ring (bicyclic) bond motifs is 1. The molecule has 4 heterocycles. The van der Waals surface area contributed by atoms with Crippen LogP contribution in [0, 0.1) is 5.92 Å². The molecule has 2 fully saturated rings. The van der Waals surface area contributed by atoms with Crippen LogP contribution in [-0.2, 0) is 4.74 Å². The Hall–Kier alpha value is -1.79. The minimum absolute atomic E-state index is 0.767. The van der Waals surface area contributed by atoms with Gasteiger partial charge >= 0.3 is 0 Å². The van der Waals surface area contributed by atoms with Crippen LogP contribution in [0.4, 0.5) is 11.5 Å². The number of hydrogen-bond acceptors (Lipinski definition) is 6. The van der Waals surface area contributed by atoms with Crippen molar-refractivity contribution in [1.82, 2.24) is 9.97 Å². The molecule has 0 aliphatic carbocycles. The largest absolute Gasteiger partial charge is 0.378 e. The number of allylic oxidation sites excluding steroid dienone is 1. The Kier molecular flexibility index (Phi) is 5.41. The Morgan fingerprint density at radius 1 is 1.11 bits per heavy atom. The number of morpholine rings is 1. The normalized spacial score (nSPS) is 25.6. The fourth-order valence-electron chi connectivity index (χ4n) is 4.70. The lowest BCUT2D eigenvalue weighted by Crippen LogP contribution is -2.37. The van der Waals surface area contributed by atoms with Crippen LogP contribution in [0.2, 0.25) is 0 Å². The first-order chi connectivity index (χ1) is 13.9. The second kappa shape index (κ2) is 8.29. The fraction of sp³-hybridized carbons (Fsp3) is 0.545. The molecule has 0 spiro atoms. The zero-order valence-corrected chi connectivity index (χ0v) is 17.1. The predicted molar refractivity (Wildman–Crippen MR) is 117 cm³/mol. The molecule has 1 aromatic carbocycles. The van der Waals surface area contributed by atoms with Crippen LogP contribution < -0.4 is 9.80 Å². The van der Waals surface area contributed by atoms with Gasteiger partial charge in [0.2, 0.25) is 0 Å². The van der Waals surface area contributed by atoms with Crippen LogP contribution >= 0.6 is 11.8 Å². The molecular formula is C22H28N4OS. The van der Waals surface area contributed by atoms with Gasteiger partial charge in [-0.05, 0) is 55.2 Å². The van der Waals surface area contributed by atoms with Crippen molar-refractivity contribution >= 4 is 34.2 Å². The van der Waals surface area contributed by atoms with E-state index in [4.69, 9.17) is 9.72 Å². The molecule has 0 saturated carbocycles. The van der Waals surface area contributed by atoms with Gasteiger partial charge < -0.3 is 14.5 Å². The Labute approximate surface area is 171 Å². The van der Waals surface area contributed by atoms with Gasteiger partial charge in [-0.15, -0.1) is 11.8 Å². The maximum atomic E-state index is 5.49. The van der Waals surface area contributed by atoms with E-state index >= 15 is 0 Å². The maximum absolute atomic E-state index is 5.49. The molecule has 0 bridgehead atoms. The van der Waals surface area contributed by atoms with E-state index in [9.17, 15) is 0 Å². The van der Waals surface area contributed by atoms with E-state index in [0.717, 1.165) is 61.9 Å². The Morgan fingerprint density at radius 2 is 2.04 bits per heavy atom. The first kappa shape index (κ1) is 18.3. The van der Waals surface area contributed by atoms with Crippen LogP contribution in [-0.4, -0.2) is 54.6 Å². The smallest absolute Gasteiger partial charge is 0.139 e. The highest BCUT2D eigenvalue weighted by atomic mass is 32.2. The van der Waals surface area contributed by atoms with Crippen molar-refractivity contribution in [3.05, 3.63) is 36.0 Å². The Bertz CT molecular complexity index is 844. The molecule has 1 aromatic heterocycles.